The Hall–Kier alpha value is -0.120. The Morgan fingerprint density at radius 2 is 2.18 bits per heavy atom. The molecule has 1 aromatic rings. The quantitative estimate of drug-likeness (QED) is 0.668. The Balaban J connectivity index is 2.30. The van der Waals surface area contributed by atoms with E-state index in [0.29, 0.717) is 11.9 Å². The van der Waals surface area contributed by atoms with E-state index in [1.807, 2.05) is 0 Å². The molecule has 1 aromatic heterocycles. The summed E-state index contributed by atoms with van der Waals surface area (Å²) in [5.74, 6) is 0.532. The molecule has 0 fully saturated rings. The zero-order valence-corrected chi connectivity index (χ0v) is 12.7. The molecule has 1 rings (SSSR count). The van der Waals surface area contributed by atoms with Crippen molar-refractivity contribution in [2.45, 2.75) is 52.0 Å². The fourth-order valence-corrected chi connectivity index (χ4v) is 2.94. The molecule has 2 nitrogen and oxygen atoms in total. The number of nitrogens with zero attached hydrogens (tertiary/aromatic N) is 2. The maximum Gasteiger partial charge on any atom is 0.0929 e. The van der Waals surface area contributed by atoms with Gasteiger partial charge in [-0.05, 0) is 39.8 Å². The largest absolute Gasteiger partial charge is 0.301 e. The molecule has 4 heteroatoms. The monoisotopic (exact) mass is 274 g/mol. The second-order valence-electron chi connectivity index (χ2n) is 4.60. The second kappa shape index (κ2) is 8.06. The third-order valence-electron chi connectivity index (χ3n) is 2.81. The molecule has 1 heterocycles. The summed E-state index contributed by atoms with van der Waals surface area (Å²) in [4.78, 5) is 7.02. The van der Waals surface area contributed by atoms with Crippen LogP contribution in [-0.4, -0.2) is 29.0 Å². The number of aryl methyl sites for hydroxylation is 1. The van der Waals surface area contributed by atoms with E-state index in [4.69, 9.17) is 11.6 Å². The van der Waals surface area contributed by atoms with Gasteiger partial charge in [-0.2, -0.15) is 0 Å². The molecule has 0 aliphatic rings. The van der Waals surface area contributed by atoms with E-state index in [1.165, 1.54) is 30.9 Å². The number of aromatic nitrogens is 1. The lowest BCUT2D eigenvalue weighted by Crippen LogP contribution is -2.32. The van der Waals surface area contributed by atoms with Crippen LogP contribution in [0.25, 0.3) is 0 Å². The standard InChI is InChI=1S/C13H23ClN2S/c1-4-7-16(11(2)3)8-5-6-13-15-12(9-14)10-17-13/h10-11H,4-9H2,1-3H3. The fraction of sp³-hybridized carbons (Fsp3) is 0.769. The van der Waals surface area contributed by atoms with E-state index < -0.39 is 0 Å². The SMILES string of the molecule is CCCN(CCCc1nc(CCl)cs1)C(C)C. The third kappa shape index (κ3) is 5.36. The summed E-state index contributed by atoms with van der Waals surface area (Å²) in [6.45, 7) is 9.14. The number of thiazole rings is 1. The van der Waals surface area contributed by atoms with E-state index in [9.17, 15) is 0 Å². The van der Waals surface area contributed by atoms with Crippen LogP contribution in [0.1, 0.15) is 44.3 Å². The smallest absolute Gasteiger partial charge is 0.0929 e. The van der Waals surface area contributed by atoms with Crippen molar-refractivity contribution in [3.8, 4) is 0 Å². The van der Waals surface area contributed by atoms with Crippen LogP contribution in [0, 0.1) is 0 Å². The third-order valence-corrected chi connectivity index (χ3v) is 4.04. The van der Waals surface area contributed by atoms with Crippen LogP contribution < -0.4 is 0 Å². The highest BCUT2D eigenvalue weighted by molar-refractivity contribution is 7.09. The molecule has 0 aromatic carbocycles. The molecular formula is C13H23ClN2S. The van der Waals surface area contributed by atoms with Gasteiger partial charge in [0, 0.05) is 17.8 Å². The lowest BCUT2D eigenvalue weighted by Gasteiger charge is -2.25. The van der Waals surface area contributed by atoms with Gasteiger partial charge in [0.2, 0.25) is 0 Å². The van der Waals surface area contributed by atoms with Gasteiger partial charge in [0.05, 0.1) is 16.6 Å². The van der Waals surface area contributed by atoms with Gasteiger partial charge in [-0.25, -0.2) is 4.98 Å². The molecule has 0 saturated carbocycles. The summed E-state index contributed by atoms with van der Waals surface area (Å²) in [7, 11) is 0. The summed E-state index contributed by atoms with van der Waals surface area (Å²) in [5, 5.41) is 3.29. The molecule has 0 aliphatic carbocycles. The van der Waals surface area contributed by atoms with Crippen molar-refractivity contribution in [3.63, 3.8) is 0 Å². The molecule has 17 heavy (non-hydrogen) atoms. The number of hydrogen-bond donors (Lipinski definition) is 0. The minimum absolute atomic E-state index is 0.532. The molecule has 0 aliphatic heterocycles. The van der Waals surface area contributed by atoms with Gasteiger partial charge >= 0.3 is 0 Å². The van der Waals surface area contributed by atoms with Crippen molar-refractivity contribution in [3.05, 3.63) is 16.1 Å². The Bertz CT molecular complexity index is 312. The van der Waals surface area contributed by atoms with Crippen LogP contribution in [0.15, 0.2) is 5.38 Å². The van der Waals surface area contributed by atoms with Crippen molar-refractivity contribution < 1.29 is 0 Å². The Morgan fingerprint density at radius 1 is 1.41 bits per heavy atom. The van der Waals surface area contributed by atoms with Crippen LogP contribution in [0.4, 0.5) is 0 Å². The molecule has 0 N–H and O–H groups in total. The maximum absolute atomic E-state index is 5.74. The molecule has 0 unspecified atom stereocenters. The molecule has 0 radical (unpaired) electrons. The Kier molecular flexibility index (Phi) is 7.09. The van der Waals surface area contributed by atoms with Gasteiger partial charge in [0.25, 0.3) is 0 Å². The highest BCUT2D eigenvalue weighted by Gasteiger charge is 2.08. The zero-order chi connectivity index (χ0) is 12.7. The van der Waals surface area contributed by atoms with Crippen molar-refractivity contribution in [1.82, 2.24) is 9.88 Å². The average Bonchev–Trinajstić information content (AvgIpc) is 2.75. The molecule has 0 atom stereocenters. The molecule has 98 valence electrons. The normalized spacial score (nSPS) is 11.6. The Morgan fingerprint density at radius 3 is 2.71 bits per heavy atom. The number of alkyl halides is 1. The zero-order valence-electron chi connectivity index (χ0n) is 11.1. The lowest BCUT2D eigenvalue weighted by atomic mass is 10.2. The van der Waals surface area contributed by atoms with Gasteiger partial charge in [-0.1, -0.05) is 6.92 Å². The maximum atomic E-state index is 5.74. The number of rotatable bonds is 8. The first-order chi connectivity index (χ1) is 8.17. The summed E-state index contributed by atoms with van der Waals surface area (Å²) < 4.78 is 0. The molecule has 0 bridgehead atoms. The lowest BCUT2D eigenvalue weighted by molar-refractivity contribution is 0.219. The molecule has 0 amide bonds. The molecule has 0 spiro atoms. The summed E-state index contributed by atoms with van der Waals surface area (Å²) in [5.41, 5.74) is 1.01. The van der Waals surface area contributed by atoms with Crippen LogP contribution in [0.2, 0.25) is 0 Å². The average molecular weight is 275 g/mol. The van der Waals surface area contributed by atoms with Crippen LogP contribution >= 0.6 is 22.9 Å². The van der Waals surface area contributed by atoms with Gasteiger partial charge in [-0.3, -0.25) is 0 Å². The van der Waals surface area contributed by atoms with Crippen molar-refractivity contribution >= 4 is 22.9 Å². The first-order valence-electron chi connectivity index (χ1n) is 6.40. The second-order valence-corrected chi connectivity index (χ2v) is 5.81. The number of halogens is 1. The van der Waals surface area contributed by atoms with Crippen LogP contribution in [0.5, 0.6) is 0 Å². The van der Waals surface area contributed by atoms with Gasteiger partial charge < -0.3 is 4.90 Å². The topological polar surface area (TPSA) is 16.1 Å². The van der Waals surface area contributed by atoms with Gasteiger partial charge in [0.15, 0.2) is 0 Å². The number of hydrogen-bond acceptors (Lipinski definition) is 3. The molecule has 0 saturated heterocycles. The minimum Gasteiger partial charge on any atom is -0.301 e. The Labute approximate surface area is 114 Å². The highest BCUT2D eigenvalue weighted by atomic mass is 35.5. The fourth-order valence-electron chi connectivity index (χ4n) is 1.87. The van der Waals surface area contributed by atoms with Crippen LogP contribution in [-0.2, 0) is 12.3 Å². The van der Waals surface area contributed by atoms with Crippen LogP contribution in [0.3, 0.4) is 0 Å². The summed E-state index contributed by atoms with van der Waals surface area (Å²) in [6.07, 6.45) is 3.49. The van der Waals surface area contributed by atoms with Crippen molar-refractivity contribution in [2.75, 3.05) is 13.1 Å². The van der Waals surface area contributed by atoms with Gasteiger partial charge in [-0.15, -0.1) is 22.9 Å². The molecular weight excluding hydrogens is 252 g/mol. The highest BCUT2D eigenvalue weighted by Crippen LogP contribution is 2.14. The van der Waals surface area contributed by atoms with Crippen molar-refractivity contribution in [2.24, 2.45) is 0 Å². The van der Waals surface area contributed by atoms with E-state index in [-0.39, 0.29) is 0 Å². The predicted molar refractivity (Wildman–Crippen MR) is 77.0 cm³/mol. The van der Waals surface area contributed by atoms with Crippen molar-refractivity contribution in [1.29, 1.82) is 0 Å². The summed E-state index contributed by atoms with van der Waals surface area (Å²) in [6, 6.07) is 0.643. The first kappa shape index (κ1) is 14.9. The predicted octanol–water partition coefficient (Wildman–Crippen LogP) is 3.93. The van der Waals surface area contributed by atoms with E-state index in [2.05, 4.69) is 36.0 Å². The first-order valence-corrected chi connectivity index (χ1v) is 7.82. The van der Waals surface area contributed by atoms with Gasteiger partial charge in [0.1, 0.15) is 0 Å². The minimum atomic E-state index is 0.532. The van der Waals surface area contributed by atoms with E-state index in [0.717, 1.165) is 12.1 Å². The summed E-state index contributed by atoms with van der Waals surface area (Å²) >= 11 is 7.48. The van der Waals surface area contributed by atoms with E-state index in [1.54, 1.807) is 11.3 Å². The van der Waals surface area contributed by atoms with E-state index >= 15 is 0 Å².